The second-order valence-corrected chi connectivity index (χ2v) is 4.14. The van der Waals surface area contributed by atoms with Crippen molar-refractivity contribution in [2.45, 2.75) is 27.2 Å². The SMILES string of the molecule is CCC(C)(C)C(=O)OCCOCOCC(=O)O. The lowest BCUT2D eigenvalue weighted by Gasteiger charge is -2.20. The number of carbonyl (C=O) groups excluding carboxylic acids is 1. The summed E-state index contributed by atoms with van der Waals surface area (Å²) in [7, 11) is 0. The highest BCUT2D eigenvalue weighted by Crippen LogP contribution is 2.21. The van der Waals surface area contributed by atoms with Crippen LogP contribution in [-0.4, -0.2) is 43.7 Å². The molecule has 0 spiro atoms. The zero-order chi connectivity index (χ0) is 13.3. The van der Waals surface area contributed by atoms with Crippen LogP contribution >= 0.6 is 0 Å². The highest BCUT2D eigenvalue weighted by atomic mass is 16.7. The first-order valence-corrected chi connectivity index (χ1v) is 5.44. The van der Waals surface area contributed by atoms with E-state index in [2.05, 4.69) is 4.74 Å². The first-order chi connectivity index (χ1) is 7.90. The average Bonchev–Trinajstić information content (AvgIpc) is 2.27. The number of aliphatic carboxylic acids is 1. The molecule has 6 nitrogen and oxygen atoms in total. The minimum absolute atomic E-state index is 0.124. The Balaban J connectivity index is 3.46. The van der Waals surface area contributed by atoms with Crippen LogP contribution in [-0.2, 0) is 23.8 Å². The van der Waals surface area contributed by atoms with Crippen LogP contribution in [0.25, 0.3) is 0 Å². The van der Waals surface area contributed by atoms with Crippen molar-refractivity contribution in [3.63, 3.8) is 0 Å². The van der Waals surface area contributed by atoms with Gasteiger partial charge in [-0.2, -0.15) is 0 Å². The fraction of sp³-hybridized carbons (Fsp3) is 0.818. The molecule has 0 aliphatic heterocycles. The molecule has 0 aromatic heterocycles. The molecule has 0 aromatic rings. The van der Waals surface area contributed by atoms with Crippen LogP contribution in [0.2, 0.25) is 0 Å². The van der Waals surface area contributed by atoms with Gasteiger partial charge in [-0.3, -0.25) is 4.79 Å². The van der Waals surface area contributed by atoms with Crippen molar-refractivity contribution in [3.05, 3.63) is 0 Å². The maximum Gasteiger partial charge on any atom is 0.329 e. The molecule has 0 aliphatic rings. The Morgan fingerprint density at radius 3 is 2.35 bits per heavy atom. The van der Waals surface area contributed by atoms with E-state index >= 15 is 0 Å². The van der Waals surface area contributed by atoms with Gasteiger partial charge in [0.2, 0.25) is 0 Å². The van der Waals surface area contributed by atoms with E-state index in [4.69, 9.17) is 14.6 Å². The fourth-order valence-electron chi connectivity index (χ4n) is 0.780. The number of esters is 1. The van der Waals surface area contributed by atoms with Crippen molar-refractivity contribution in [3.8, 4) is 0 Å². The van der Waals surface area contributed by atoms with E-state index < -0.39 is 18.0 Å². The van der Waals surface area contributed by atoms with E-state index in [1.807, 2.05) is 20.8 Å². The largest absolute Gasteiger partial charge is 0.480 e. The Morgan fingerprint density at radius 2 is 1.82 bits per heavy atom. The average molecular weight is 248 g/mol. The van der Waals surface area contributed by atoms with Gasteiger partial charge in [0.25, 0.3) is 0 Å². The Kier molecular flexibility index (Phi) is 7.49. The lowest BCUT2D eigenvalue weighted by atomic mass is 9.91. The van der Waals surface area contributed by atoms with Crippen LogP contribution in [0, 0.1) is 5.41 Å². The highest BCUT2D eigenvalue weighted by molar-refractivity contribution is 5.75. The van der Waals surface area contributed by atoms with E-state index in [0.717, 1.165) is 0 Å². The van der Waals surface area contributed by atoms with E-state index in [0.29, 0.717) is 6.42 Å². The Bertz CT molecular complexity index is 248. The maximum atomic E-state index is 11.5. The van der Waals surface area contributed by atoms with Crippen LogP contribution in [0.4, 0.5) is 0 Å². The number of hydrogen-bond donors (Lipinski definition) is 1. The van der Waals surface area contributed by atoms with Crippen molar-refractivity contribution in [1.82, 2.24) is 0 Å². The Morgan fingerprint density at radius 1 is 1.18 bits per heavy atom. The van der Waals surface area contributed by atoms with E-state index in [-0.39, 0.29) is 26.0 Å². The van der Waals surface area contributed by atoms with Gasteiger partial charge in [-0.15, -0.1) is 0 Å². The van der Waals surface area contributed by atoms with Gasteiger partial charge in [0.15, 0.2) is 0 Å². The molecule has 0 heterocycles. The lowest BCUT2D eigenvalue weighted by molar-refractivity contribution is -0.158. The molecule has 0 amide bonds. The maximum absolute atomic E-state index is 11.5. The first-order valence-electron chi connectivity index (χ1n) is 5.44. The van der Waals surface area contributed by atoms with E-state index in [1.54, 1.807) is 0 Å². The molecular weight excluding hydrogens is 228 g/mol. The summed E-state index contributed by atoms with van der Waals surface area (Å²) >= 11 is 0. The second kappa shape index (κ2) is 8.03. The molecule has 17 heavy (non-hydrogen) atoms. The third-order valence-corrected chi connectivity index (χ3v) is 2.29. The van der Waals surface area contributed by atoms with Crippen LogP contribution < -0.4 is 0 Å². The molecule has 0 bridgehead atoms. The quantitative estimate of drug-likeness (QED) is 0.373. The van der Waals surface area contributed by atoms with Gasteiger partial charge in [-0.25, -0.2) is 4.79 Å². The van der Waals surface area contributed by atoms with Gasteiger partial charge in [-0.1, -0.05) is 6.92 Å². The topological polar surface area (TPSA) is 82.1 Å². The number of rotatable bonds is 9. The zero-order valence-electron chi connectivity index (χ0n) is 10.5. The summed E-state index contributed by atoms with van der Waals surface area (Å²) < 4.78 is 14.5. The summed E-state index contributed by atoms with van der Waals surface area (Å²) in [6.07, 6.45) is 0.703. The smallest absolute Gasteiger partial charge is 0.329 e. The summed E-state index contributed by atoms with van der Waals surface area (Å²) in [6.45, 7) is 5.34. The second-order valence-electron chi connectivity index (χ2n) is 4.14. The number of hydrogen-bond acceptors (Lipinski definition) is 5. The summed E-state index contributed by atoms with van der Waals surface area (Å²) in [5.74, 6) is -1.32. The fourth-order valence-corrected chi connectivity index (χ4v) is 0.780. The summed E-state index contributed by atoms with van der Waals surface area (Å²) in [4.78, 5) is 21.6. The number of carbonyl (C=O) groups is 2. The molecule has 0 fully saturated rings. The molecule has 0 rings (SSSR count). The van der Waals surface area contributed by atoms with E-state index in [1.165, 1.54) is 0 Å². The molecule has 0 saturated carbocycles. The van der Waals surface area contributed by atoms with Crippen LogP contribution in [0.1, 0.15) is 27.2 Å². The van der Waals surface area contributed by atoms with Gasteiger partial charge in [0.1, 0.15) is 20.0 Å². The minimum Gasteiger partial charge on any atom is -0.480 e. The van der Waals surface area contributed by atoms with Crippen molar-refractivity contribution in [2.24, 2.45) is 5.41 Å². The number of carboxylic acid groups (broad SMARTS) is 1. The molecule has 0 aromatic carbocycles. The predicted octanol–water partition coefficient (Wildman–Crippen LogP) is 1.04. The summed E-state index contributed by atoms with van der Waals surface area (Å²) in [6, 6.07) is 0. The highest BCUT2D eigenvalue weighted by Gasteiger charge is 2.26. The number of ether oxygens (including phenoxy) is 3. The molecule has 100 valence electrons. The van der Waals surface area contributed by atoms with Crippen molar-refractivity contribution in [1.29, 1.82) is 0 Å². The molecule has 1 N–H and O–H groups in total. The predicted molar refractivity (Wildman–Crippen MR) is 59.4 cm³/mol. The summed E-state index contributed by atoms with van der Waals surface area (Å²) in [5, 5.41) is 8.26. The summed E-state index contributed by atoms with van der Waals surface area (Å²) in [5.41, 5.74) is -0.486. The molecule has 0 atom stereocenters. The molecule has 0 unspecified atom stereocenters. The van der Waals surface area contributed by atoms with E-state index in [9.17, 15) is 9.59 Å². The van der Waals surface area contributed by atoms with Gasteiger partial charge >= 0.3 is 11.9 Å². The third-order valence-electron chi connectivity index (χ3n) is 2.29. The molecule has 6 heteroatoms. The standard InChI is InChI=1S/C11H20O6/c1-4-11(2,3)10(14)17-6-5-15-8-16-7-9(12)13/h4-8H2,1-3H3,(H,12,13). The molecule has 0 radical (unpaired) electrons. The molecule has 0 saturated heterocycles. The lowest BCUT2D eigenvalue weighted by Crippen LogP contribution is -2.27. The normalized spacial score (nSPS) is 11.2. The molecular formula is C11H20O6. The Labute approximate surface area is 101 Å². The van der Waals surface area contributed by atoms with Gasteiger partial charge in [-0.05, 0) is 20.3 Å². The minimum atomic E-state index is -1.05. The number of carboxylic acids is 1. The third kappa shape index (κ3) is 7.70. The van der Waals surface area contributed by atoms with Crippen LogP contribution in [0.15, 0.2) is 0 Å². The van der Waals surface area contributed by atoms with Gasteiger partial charge in [0, 0.05) is 0 Å². The monoisotopic (exact) mass is 248 g/mol. The zero-order valence-corrected chi connectivity index (χ0v) is 10.5. The molecule has 0 aliphatic carbocycles. The van der Waals surface area contributed by atoms with Crippen molar-refractivity contribution in [2.75, 3.05) is 26.6 Å². The van der Waals surface area contributed by atoms with Crippen LogP contribution in [0.5, 0.6) is 0 Å². The Hall–Kier alpha value is -1.14. The van der Waals surface area contributed by atoms with Crippen LogP contribution in [0.3, 0.4) is 0 Å². The van der Waals surface area contributed by atoms with Crippen molar-refractivity contribution < 1.29 is 28.9 Å². The van der Waals surface area contributed by atoms with Crippen molar-refractivity contribution >= 4 is 11.9 Å². The van der Waals surface area contributed by atoms with Gasteiger partial charge in [0.05, 0.1) is 12.0 Å². The first kappa shape index (κ1) is 15.9. The van der Waals surface area contributed by atoms with Gasteiger partial charge < -0.3 is 19.3 Å².